The molecule has 0 bridgehead atoms. The predicted molar refractivity (Wildman–Crippen MR) is 94.5 cm³/mol. The van der Waals surface area contributed by atoms with Gasteiger partial charge in [-0.2, -0.15) is 0 Å². The summed E-state index contributed by atoms with van der Waals surface area (Å²) in [6.45, 7) is 5.66. The first-order chi connectivity index (χ1) is 11.6. The van der Waals surface area contributed by atoms with Crippen molar-refractivity contribution in [3.05, 3.63) is 54.2 Å². The number of amides is 1. The number of anilines is 1. The van der Waals surface area contributed by atoms with Crippen molar-refractivity contribution in [3.8, 4) is 5.75 Å². The third-order valence-electron chi connectivity index (χ3n) is 3.99. The third-order valence-corrected chi connectivity index (χ3v) is 3.99. The quantitative estimate of drug-likeness (QED) is 0.918. The van der Waals surface area contributed by atoms with Gasteiger partial charge in [-0.15, -0.1) is 0 Å². The van der Waals surface area contributed by atoms with Gasteiger partial charge < -0.3 is 15.0 Å². The molecule has 5 nitrogen and oxygen atoms in total. The van der Waals surface area contributed by atoms with Crippen molar-refractivity contribution < 1.29 is 9.53 Å². The maximum Gasteiger partial charge on any atom is 0.251 e. The van der Waals surface area contributed by atoms with Crippen LogP contribution in [0.3, 0.4) is 0 Å². The molecule has 2 heterocycles. The van der Waals surface area contributed by atoms with Gasteiger partial charge in [-0.25, -0.2) is 4.98 Å². The minimum absolute atomic E-state index is 0.0426. The van der Waals surface area contributed by atoms with Crippen LogP contribution in [0.5, 0.6) is 5.75 Å². The summed E-state index contributed by atoms with van der Waals surface area (Å²) < 4.78 is 5.60. The highest BCUT2D eigenvalue weighted by atomic mass is 16.5. The van der Waals surface area contributed by atoms with Crippen LogP contribution in [0.2, 0.25) is 0 Å². The second-order valence-electron chi connectivity index (χ2n) is 6.28. The molecule has 1 aliphatic rings. The van der Waals surface area contributed by atoms with Gasteiger partial charge in [0.15, 0.2) is 0 Å². The van der Waals surface area contributed by atoms with E-state index >= 15 is 0 Å². The van der Waals surface area contributed by atoms with E-state index in [1.165, 1.54) is 0 Å². The standard InChI is InChI=1S/C19H23N3O2/c1-14(2)24-17-8-6-15(7-9-17)19(23)21-16-10-12-22(13-16)18-5-3-4-11-20-18/h3-9,11,14,16H,10,12-13H2,1-2H3,(H,21,23). The van der Waals surface area contributed by atoms with Crippen LogP contribution in [0.1, 0.15) is 30.6 Å². The molecule has 3 rings (SSSR count). The van der Waals surface area contributed by atoms with Crippen molar-refractivity contribution in [1.29, 1.82) is 0 Å². The summed E-state index contributed by atoms with van der Waals surface area (Å²) in [5, 5.41) is 3.11. The minimum atomic E-state index is -0.0426. The summed E-state index contributed by atoms with van der Waals surface area (Å²) in [6.07, 6.45) is 2.85. The highest BCUT2D eigenvalue weighted by molar-refractivity contribution is 5.94. The normalized spacial score (nSPS) is 17.1. The molecule has 0 spiro atoms. The van der Waals surface area contributed by atoms with Gasteiger partial charge in [0.2, 0.25) is 0 Å². The van der Waals surface area contributed by atoms with Crippen molar-refractivity contribution in [3.63, 3.8) is 0 Å². The second kappa shape index (κ2) is 7.34. The molecule has 0 aliphatic carbocycles. The van der Waals surface area contributed by atoms with Gasteiger partial charge in [0.1, 0.15) is 11.6 Å². The van der Waals surface area contributed by atoms with Crippen LogP contribution in [0, 0.1) is 0 Å². The number of hydrogen-bond donors (Lipinski definition) is 1. The fourth-order valence-corrected chi connectivity index (χ4v) is 2.85. The van der Waals surface area contributed by atoms with E-state index in [9.17, 15) is 4.79 Å². The second-order valence-corrected chi connectivity index (χ2v) is 6.28. The van der Waals surface area contributed by atoms with E-state index in [1.807, 2.05) is 44.2 Å². The molecular formula is C19H23N3O2. The summed E-state index contributed by atoms with van der Waals surface area (Å²) in [4.78, 5) is 19.0. The number of nitrogens with zero attached hydrogens (tertiary/aromatic N) is 2. The molecule has 5 heteroatoms. The molecule has 1 aliphatic heterocycles. The van der Waals surface area contributed by atoms with Gasteiger partial charge in [-0.3, -0.25) is 4.79 Å². The number of ether oxygens (including phenoxy) is 1. The first-order valence-corrected chi connectivity index (χ1v) is 8.35. The Morgan fingerprint density at radius 2 is 2.04 bits per heavy atom. The average Bonchev–Trinajstić information content (AvgIpc) is 3.04. The minimum Gasteiger partial charge on any atom is -0.491 e. The number of hydrogen-bond acceptors (Lipinski definition) is 4. The van der Waals surface area contributed by atoms with Gasteiger partial charge in [0, 0.05) is 30.9 Å². The summed E-state index contributed by atoms with van der Waals surface area (Å²) in [7, 11) is 0. The van der Waals surface area contributed by atoms with E-state index in [2.05, 4.69) is 15.2 Å². The Labute approximate surface area is 142 Å². The summed E-state index contributed by atoms with van der Waals surface area (Å²) in [6, 6.07) is 13.3. The fraction of sp³-hybridized carbons (Fsp3) is 0.368. The maximum atomic E-state index is 12.4. The highest BCUT2D eigenvalue weighted by Crippen LogP contribution is 2.18. The Hall–Kier alpha value is -2.56. The van der Waals surface area contributed by atoms with Crippen molar-refractivity contribution in [2.45, 2.75) is 32.4 Å². The number of benzene rings is 1. The fourth-order valence-electron chi connectivity index (χ4n) is 2.85. The van der Waals surface area contributed by atoms with Crippen LogP contribution < -0.4 is 15.0 Å². The van der Waals surface area contributed by atoms with Crippen LogP contribution in [-0.4, -0.2) is 36.1 Å². The lowest BCUT2D eigenvalue weighted by Gasteiger charge is -2.17. The van der Waals surface area contributed by atoms with Crippen LogP contribution in [0.25, 0.3) is 0 Å². The van der Waals surface area contributed by atoms with E-state index in [0.29, 0.717) is 5.56 Å². The molecule has 1 atom stereocenters. The largest absolute Gasteiger partial charge is 0.491 e. The zero-order valence-electron chi connectivity index (χ0n) is 14.1. The lowest BCUT2D eigenvalue weighted by atomic mass is 10.2. The molecule has 24 heavy (non-hydrogen) atoms. The first kappa shape index (κ1) is 16.3. The molecule has 1 N–H and O–H groups in total. The molecule has 1 aromatic carbocycles. The summed E-state index contributed by atoms with van der Waals surface area (Å²) in [5.74, 6) is 1.70. The maximum absolute atomic E-state index is 12.4. The molecule has 0 radical (unpaired) electrons. The lowest BCUT2D eigenvalue weighted by Crippen LogP contribution is -2.37. The molecule has 2 aromatic rings. The van der Waals surface area contributed by atoms with Crippen LogP contribution in [0.4, 0.5) is 5.82 Å². The molecule has 1 aromatic heterocycles. The lowest BCUT2D eigenvalue weighted by molar-refractivity contribution is 0.0940. The Morgan fingerprint density at radius 1 is 1.25 bits per heavy atom. The van der Waals surface area contributed by atoms with Gasteiger partial charge in [-0.05, 0) is 56.7 Å². The van der Waals surface area contributed by atoms with Crippen molar-refractivity contribution in [2.24, 2.45) is 0 Å². The average molecular weight is 325 g/mol. The predicted octanol–water partition coefficient (Wildman–Crippen LogP) is 2.88. The molecule has 0 saturated carbocycles. The van der Waals surface area contributed by atoms with E-state index in [-0.39, 0.29) is 18.1 Å². The Morgan fingerprint density at radius 3 is 2.71 bits per heavy atom. The molecule has 1 fully saturated rings. The van der Waals surface area contributed by atoms with Crippen LogP contribution in [-0.2, 0) is 0 Å². The van der Waals surface area contributed by atoms with E-state index in [0.717, 1.165) is 31.1 Å². The summed E-state index contributed by atoms with van der Waals surface area (Å²) in [5.41, 5.74) is 0.655. The Kier molecular flexibility index (Phi) is 4.99. The molecule has 1 saturated heterocycles. The number of pyridine rings is 1. The zero-order valence-corrected chi connectivity index (χ0v) is 14.1. The molecule has 1 amide bonds. The third kappa shape index (κ3) is 4.04. The summed E-state index contributed by atoms with van der Waals surface area (Å²) >= 11 is 0. The molecule has 126 valence electrons. The van der Waals surface area contributed by atoms with Crippen molar-refractivity contribution in [2.75, 3.05) is 18.0 Å². The molecular weight excluding hydrogens is 302 g/mol. The highest BCUT2D eigenvalue weighted by Gasteiger charge is 2.24. The number of aromatic nitrogens is 1. The number of nitrogens with one attached hydrogen (secondary N) is 1. The first-order valence-electron chi connectivity index (χ1n) is 8.35. The smallest absolute Gasteiger partial charge is 0.251 e. The SMILES string of the molecule is CC(C)Oc1ccc(C(=O)NC2CCN(c3ccccn3)C2)cc1. The van der Waals surface area contributed by atoms with E-state index < -0.39 is 0 Å². The number of rotatable bonds is 5. The van der Waals surface area contributed by atoms with Crippen molar-refractivity contribution in [1.82, 2.24) is 10.3 Å². The number of carbonyl (C=O) groups is 1. The monoisotopic (exact) mass is 325 g/mol. The van der Waals surface area contributed by atoms with Crippen LogP contribution in [0.15, 0.2) is 48.7 Å². The Bertz CT molecular complexity index is 671. The zero-order chi connectivity index (χ0) is 16.9. The van der Waals surface area contributed by atoms with Gasteiger partial charge in [-0.1, -0.05) is 6.07 Å². The van der Waals surface area contributed by atoms with Crippen LogP contribution >= 0.6 is 0 Å². The topological polar surface area (TPSA) is 54.5 Å². The Balaban J connectivity index is 1.55. The van der Waals surface area contributed by atoms with Gasteiger partial charge in [0.25, 0.3) is 5.91 Å². The van der Waals surface area contributed by atoms with Gasteiger partial charge in [0.05, 0.1) is 6.10 Å². The molecule has 1 unspecified atom stereocenters. The number of carbonyl (C=O) groups excluding carboxylic acids is 1. The van der Waals surface area contributed by atoms with E-state index in [4.69, 9.17) is 4.74 Å². The van der Waals surface area contributed by atoms with Crippen molar-refractivity contribution >= 4 is 11.7 Å². The van der Waals surface area contributed by atoms with E-state index in [1.54, 1.807) is 18.3 Å². The van der Waals surface area contributed by atoms with Gasteiger partial charge >= 0.3 is 0 Å².